The second kappa shape index (κ2) is 15.3. The van der Waals surface area contributed by atoms with Crippen molar-refractivity contribution in [2.75, 3.05) is 13.6 Å². The van der Waals surface area contributed by atoms with Gasteiger partial charge in [0.05, 0.1) is 11.1 Å². The van der Waals surface area contributed by atoms with Crippen LogP contribution in [-0.4, -0.2) is 18.5 Å². The van der Waals surface area contributed by atoms with Crippen LogP contribution in [0.1, 0.15) is 89.3 Å². The number of alkyl halides is 6. The zero-order chi connectivity index (χ0) is 31.0. The van der Waals surface area contributed by atoms with E-state index in [2.05, 4.69) is 53.0 Å². The predicted octanol–water partition coefficient (Wildman–Crippen LogP) is 11.0. The maximum Gasteiger partial charge on any atom is 0.416 e. The molecule has 0 saturated heterocycles. The van der Waals surface area contributed by atoms with Crippen LogP contribution >= 0.6 is 0 Å². The van der Waals surface area contributed by atoms with E-state index in [1.54, 1.807) is 11.9 Å². The summed E-state index contributed by atoms with van der Waals surface area (Å²) in [4.78, 5) is 1.76. The van der Waals surface area contributed by atoms with E-state index in [0.717, 1.165) is 44.9 Å². The minimum Gasteiger partial charge on any atom is -0.302 e. The van der Waals surface area contributed by atoms with Gasteiger partial charge in [0.25, 0.3) is 0 Å². The van der Waals surface area contributed by atoms with Crippen molar-refractivity contribution in [3.63, 3.8) is 0 Å². The summed E-state index contributed by atoms with van der Waals surface area (Å²) in [7, 11) is 1.70. The smallest absolute Gasteiger partial charge is 0.302 e. The molecule has 230 valence electrons. The standard InChI is InChI=1S/C34H47F6N/c1-8-26-19-28(16-15-27(26)12-10-9-11-25(6)24(4)5)29(14-13-23(2)3)21-41(7)22-30-20-31(33(35,36)37)17-18-32(30)34(38,39)40/h8,10,12,17-18,20,23,25,28-29H,1,4,9,11,13-16,19,21-22H2,2-3,5-7H3/b12-10-. The third-order valence-electron chi connectivity index (χ3n) is 8.36. The van der Waals surface area contributed by atoms with Crippen molar-refractivity contribution in [1.29, 1.82) is 0 Å². The topological polar surface area (TPSA) is 3.24 Å². The first-order valence-corrected chi connectivity index (χ1v) is 14.6. The van der Waals surface area contributed by atoms with Crippen molar-refractivity contribution in [3.8, 4) is 0 Å². The largest absolute Gasteiger partial charge is 0.416 e. The Morgan fingerprint density at radius 3 is 2.27 bits per heavy atom. The maximum absolute atomic E-state index is 13.7. The number of hydrogen-bond donors (Lipinski definition) is 0. The van der Waals surface area contributed by atoms with Gasteiger partial charge in [0.1, 0.15) is 0 Å². The third kappa shape index (κ3) is 11.1. The fraction of sp³-hybridized carbons (Fsp3) is 0.588. The highest BCUT2D eigenvalue weighted by Crippen LogP contribution is 2.39. The molecule has 0 spiro atoms. The Kier molecular flexibility index (Phi) is 13.0. The Balaban J connectivity index is 2.21. The Labute approximate surface area is 243 Å². The van der Waals surface area contributed by atoms with Crippen molar-refractivity contribution in [2.24, 2.45) is 23.7 Å². The second-order valence-corrected chi connectivity index (χ2v) is 12.3. The zero-order valence-electron chi connectivity index (χ0n) is 25.3. The van der Waals surface area contributed by atoms with Gasteiger partial charge >= 0.3 is 12.4 Å². The first-order chi connectivity index (χ1) is 19.0. The molecule has 0 fully saturated rings. The van der Waals surface area contributed by atoms with E-state index in [0.29, 0.717) is 42.5 Å². The van der Waals surface area contributed by atoms with Gasteiger partial charge in [0.2, 0.25) is 0 Å². The fourth-order valence-corrected chi connectivity index (χ4v) is 5.60. The van der Waals surface area contributed by atoms with Gasteiger partial charge in [-0.2, -0.15) is 26.3 Å². The van der Waals surface area contributed by atoms with Crippen molar-refractivity contribution >= 4 is 0 Å². The molecule has 3 unspecified atom stereocenters. The Morgan fingerprint density at radius 2 is 1.71 bits per heavy atom. The number of nitrogens with zero attached hydrogens (tertiary/aromatic N) is 1. The molecule has 41 heavy (non-hydrogen) atoms. The third-order valence-corrected chi connectivity index (χ3v) is 8.36. The second-order valence-electron chi connectivity index (χ2n) is 12.3. The first kappa shape index (κ1) is 34.9. The van der Waals surface area contributed by atoms with Crippen molar-refractivity contribution in [2.45, 2.75) is 91.5 Å². The summed E-state index contributed by atoms with van der Waals surface area (Å²) in [6.07, 6.45) is 3.55. The Morgan fingerprint density at radius 1 is 1.02 bits per heavy atom. The normalized spacial score (nSPS) is 18.4. The van der Waals surface area contributed by atoms with Gasteiger partial charge in [-0.05, 0) is 111 Å². The molecule has 2 rings (SSSR count). The summed E-state index contributed by atoms with van der Waals surface area (Å²) in [5.41, 5.74) is 1.26. The fourth-order valence-electron chi connectivity index (χ4n) is 5.60. The molecule has 1 aromatic rings. The van der Waals surface area contributed by atoms with Crippen LogP contribution in [0.15, 0.2) is 66.3 Å². The SMILES string of the molecule is C=CC1=C(/C=C\CCC(C)C(=C)C)CCC(C(CCC(C)C)CN(C)Cc2cc(C(F)(F)F)ccc2C(F)(F)F)C1. The van der Waals surface area contributed by atoms with Gasteiger partial charge < -0.3 is 4.90 Å². The summed E-state index contributed by atoms with van der Waals surface area (Å²) in [6, 6.07) is 1.71. The Bertz CT molecular complexity index is 1080. The molecule has 1 aliphatic carbocycles. The summed E-state index contributed by atoms with van der Waals surface area (Å²) in [6.45, 7) is 16.9. The highest BCUT2D eigenvalue weighted by Gasteiger charge is 2.37. The van der Waals surface area contributed by atoms with Gasteiger partial charge in [0, 0.05) is 13.1 Å². The average Bonchev–Trinajstić information content (AvgIpc) is 2.87. The molecular formula is C34H47F6N. The molecule has 0 aromatic heterocycles. The number of rotatable bonds is 14. The van der Waals surface area contributed by atoms with E-state index < -0.39 is 23.5 Å². The molecule has 3 atom stereocenters. The summed E-state index contributed by atoms with van der Waals surface area (Å²) in [5, 5.41) is 0. The van der Waals surface area contributed by atoms with Gasteiger partial charge in [-0.15, -0.1) is 0 Å². The molecule has 0 aliphatic heterocycles. The minimum absolute atomic E-state index is 0.204. The van der Waals surface area contributed by atoms with Gasteiger partial charge in [0.15, 0.2) is 0 Å². The van der Waals surface area contributed by atoms with Crippen LogP contribution in [0.3, 0.4) is 0 Å². The molecule has 0 amide bonds. The lowest BCUT2D eigenvalue weighted by Crippen LogP contribution is -2.32. The molecule has 0 saturated carbocycles. The molecule has 1 aromatic carbocycles. The van der Waals surface area contributed by atoms with E-state index in [-0.39, 0.29) is 18.0 Å². The van der Waals surface area contributed by atoms with Crippen LogP contribution in [0.25, 0.3) is 0 Å². The summed E-state index contributed by atoms with van der Waals surface area (Å²) >= 11 is 0. The van der Waals surface area contributed by atoms with Crippen LogP contribution in [0.5, 0.6) is 0 Å². The van der Waals surface area contributed by atoms with Gasteiger partial charge in [-0.3, -0.25) is 0 Å². The molecule has 0 heterocycles. The van der Waals surface area contributed by atoms with Gasteiger partial charge in [-0.1, -0.05) is 64.2 Å². The van der Waals surface area contributed by atoms with Crippen LogP contribution < -0.4 is 0 Å². The van der Waals surface area contributed by atoms with E-state index in [4.69, 9.17) is 0 Å². The van der Waals surface area contributed by atoms with Crippen molar-refractivity contribution in [1.82, 2.24) is 4.90 Å². The van der Waals surface area contributed by atoms with E-state index in [1.807, 2.05) is 6.08 Å². The van der Waals surface area contributed by atoms with Crippen LogP contribution in [0.4, 0.5) is 26.3 Å². The van der Waals surface area contributed by atoms with E-state index in [9.17, 15) is 26.3 Å². The van der Waals surface area contributed by atoms with Crippen LogP contribution in [0, 0.1) is 23.7 Å². The quantitative estimate of drug-likeness (QED) is 0.156. The first-order valence-electron chi connectivity index (χ1n) is 14.6. The highest BCUT2D eigenvalue weighted by molar-refractivity contribution is 5.36. The molecule has 0 bridgehead atoms. The number of allylic oxidation sites excluding steroid dienone is 6. The zero-order valence-corrected chi connectivity index (χ0v) is 25.3. The summed E-state index contributed by atoms with van der Waals surface area (Å²) < 4.78 is 81.0. The lowest BCUT2D eigenvalue weighted by Gasteiger charge is -2.35. The average molecular weight is 584 g/mol. The van der Waals surface area contributed by atoms with Gasteiger partial charge in [-0.25, -0.2) is 0 Å². The molecule has 1 aliphatic rings. The van der Waals surface area contributed by atoms with Crippen molar-refractivity contribution in [3.05, 3.63) is 83.0 Å². The molecule has 7 heteroatoms. The van der Waals surface area contributed by atoms with Crippen molar-refractivity contribution < 1.29 is 26.3 Å². The maximum atomic E-state index is 13.7. The lowest BCUT2D eigenvalue weighted by atomic mass is 9.74. The highest BCUT2D eigenvalue weighted by atomic mass is 19.4. The summed E-state index contributed by atoms with van der Waals surface area (Å²) in [5.74, 6) is 1.49. The molecule has 1 nitrogen and oxygen atoms in total. The van der Waals surface area contributed by atoms with E-state index >= 15 is 0 Å². The monoisotopic (exact) mass is 583 g/mol. The molecular weight excluding hydrogens is 536 g/mol. The van der Waals surface area contributed by atoms with Crippen LogP contribution in [0.2, 0.25) is 0 Å². The minimum atomic E-state index is -4.73. The number of hydrogen-bond acceptors (Lipinski definition) is 1. The van der Waals surface area contributed by atoms with Crippen LogP contribution in [-0.2, 0) is 18.9 Å². The molecule has 0 radical (unpaired) electrons. The van der Waals surface area contributed by atoms with E-state index in [1.165, 1.54) is 16.7 Å². The predicted molar refractivity (Wildman–Crippen MR) is 157 cm³/mol. The molecule has 0 N–H and O–H groups in total. The Hall–Kier alpha value is -2.28. The number of benzene rings is 1. The number of halogens is 6. The lowest BCUT2D eigenvalue weighted by molar-refractivity contribution is -0.142.